The maximum atomic E-state index is 12.6. The number of carbonyl (C=O) groups excluding carboxylic acids is 1. The lowest BCUT2D eigenvalue weighted by Gasteiger charge is -2.33. The minimum atomic E-state index is -0.415. The van der Waals surface area contributed by atoms with Crippen LogP contribution in [0.4, 0.5) is 0 Å². The van der Waals surface area contributed by atoms with Gasteiger partial charge in [-0.2, -0.15) is 5.10 Å². The Morgan fingerprint density at radius 3 is 2.95 bits per heavy atom. The SMILES string of the molecule is CCCCn1nc(C(=O)N2CCCC(C(C)O)C2)ccc1=O. The Morgan fingerprint density at radius 2 is 2.27 bits per heavy atom. The van der Waals surface area contributed by atoms with Gasteiger partial charge < -0.3 is 10.0 Å². The van der Waals surface area contributed by atoms with Crippen molar-refractivity contribution in [1.82, 2.24) is 14.7 Å². The Morgan fingerprint density at radius 1 is 1.50 bits per heavy atom. The number of aromatic nitrogens is 2. The van der Waals surface area contributed by atoms with E-state index in [1.165, 1.54) is 16.8 Å². The number of hydrogen-bond donors (Lipinski definition) is 1. The fourth-order valence-electron chi connectivity index (χ4n) is 2.78. The predicted octanol–water partition coefficient (Wildman–Crippen LogP) is 1.28. The average molecular weight is 307 g/mol. The van der Waals surface area contributed by atoms with E-state index in [2.05, 4.69) is 5.10 Å². The van der Waals surface area contributed by atoms with Crippen LogP contribution >= 0.6 is 0 Å². The molecule has 2 heterocycles. The van der Waals surface area contributed by atoms with Crippen LogP contribution in [-0.2, 0) is 6.54 Å². The third kappa shape index (κ3) is 3.94. The molecule has 2 atom stereocenters. The highest BCUT2D eigenvalue weighted by atomic mass is 16.3. The summed E-state index contributed by atoms with van der Waals surface area (Å²) in [6, 6.07) is 2.91. The molecule has 1 fully saturated rings. The van der Waals surface area contributed by atoms with Crippen LogP contribution in [0.1, 0.15) is 50.0 Å². The van der Waals surface area contributed by atoms with Gasteiger partial charge in [0.1, 0.15) is 5.69 Å². The highest BCUT2D eigenvalue weighted by Crippen LogP contribution is 2.20. The number of aliphatic hydroxyl groups excluding tert-OH is 1. The Labute approximate surface area is 130 Å². The number of piperidine rings is 1. The van der Waals surface area contributed by atoms with Crippen molar-refractivity contribution in [2.75, 3.05) is 13.1 Å². The number of aliphatic hydroxyl groups is 1. The van der Waals surface area contributed by atoms with Gasteiger partial charge in [0, 0.05) is 31.6 Å². The summed E-state index contributed by atoms with van der Waals surface area (Å²) in [5.41, 5.74) is 0.132. The molecule has 2 unspecified atom stereocenters. The number of hydrogen-bond acceptors (Lipinski definition) is 4. The van der Waals surface area contributed by atoms with Gasteiger partial charge in [0.15, 0.2) is 0 Å². The van der Waals surface area contributed by atoms with Crippen LogP contribution in [0.15, 0.2) is 16.9 Å². The molecule has 0 spiro atoms. The van der Waals surface area contributed by atoms with E-state index in [4.69, 9.17) is 0 Å². The Kier molecular flexibility index (Phi) is 5.71. The quantitative estimate of drug-likeness (QED) is 0.889. The first-order chi connectivity index (χ1) is 10.5. The summed E-state index contributed by atoms with van der Waals surface area (Å²) in [5, 5.41) is 13.9. The molecular formula is C16H25N3O3. The van der Waals surface area contributed by atoms with Gasteiger partial charge in [-0.05, 0) is 32.3 Å². The fraction of sp³-hybridized carbons (Fsp3) is 0.688. The maximum Gasteiger partial charge on any atom is 0.274 e. The molecule has 1 aliphatic rings. The highest BCUT2D eigenvalue weighted by molar-refractivity contribution is 5.92. The second-order valence-corrected chi connectivity index (χ2v) is 6.03. The van der Waals surface area contributed by atoms with Crippen molar-refractivity contribution in [2.24, 2.45) is 5.92 Å². The molecule has 1 aliphatic heterocycles. The van der Waals surface area contributed by atoms with Crippen molar-refractivity contribution in [2.45, 2.75) is 52.2 Å². The summed E-state index contributed by atoms with van der Waals surface area (Å²) in [6.07, 6.45) is 3.23. The minimum absolute atomic E-state index is 0.115. The summed E-state index contributed by atoms with van der Waals surface area (Å²) in [5.74, 6) is -0.0423. The lowest BCUT2D eigenvalue weighted by Crippen LogP contribution is -2.43. The number of carbonyl (C=O) groups is 1. The molecule has 1 aromatic rings. The van der Waals surface area contributed by atoms with Crippen molar-refractivity contribution >= 4 is 5.91 Å². The fourth-order valence-corrected chi connectivity index (χ4v) is 2.78. The molecule has 1 N–H and O–H groups in total. The van der Waals surface area contributed by atoms with E-state index >= 15 is 0 Å². The Hall–Kier alpha value is -1.69. The number of aryl methyl sites for hydroxylation is 1. The molecule has 2 rings (SSSR count). The molecule has 0 radical (unpaired) electrons. The molecule has 6 heteroatoms. The summed E-state index contributed by atoms with van der Waals surface area (Å²) < 4.78 is 1.37. The summed E-state index contributed by atoms with van der Waals surface area (Å²) in [6.45, 7) is 5.57. The molecule has 1 aromatic heterocycles. The van der Waals surface area contributed by atoms with Crippen LogP contribution in [0, 0.1) is 5.92 Å². The second-order valence-electron chi connectivity index (χ2n) is 6.03. The molecule has 0 aromatic carbocycles. The molecule has 122 valence electrons. The van der Waals surface area contributed by atoms with Gasteiger partial charge in [-0.25, -0.2) is 4.68 Å². The van der Waals surface area contributed by atoms with E-state index in [1.54, 1.807) is 11.8 Å². The van der Waals surface area contributed by atoms with Crippen LogP contribution in [0.2, 0.25) is 0 Å². The van der Waals surface area contributed by atoms with Crippen LogP contribution in [0.25, 0.3) is 0 Å². The third-order valence-corrected chi connectivity index (χ3v) is 4.24. The highest BCUT2D eigenvalue weighted by Gasteiger charge is 2.27. The molecule has 6 nitrogen and oxygen atoms in total. The van der Waals surface area contributed by atoms with Crippen LogP contribution < -0.4 is 5.56 Å². The number of likely N-dealkylation sites (tertiary alicyclic amines) is 1. The van der Waals surface area contributed by atoms with E-state index in [-0.39, 0.29) is 17.4 Å². The first-order valence-electron chi connectivity index (χ1n) is 8.08. The Balaban J connectivity index is 2.13. The molecule has 1 saturated heterocycles. The molecule has 1 amide bonds. The molecule has 0 aliphatic carbocycles. The maximum absolute atomic E-state index is 12.6. The number of amides is 1. The van der Waals surface area contributed by atoms with Crippen LogP contribution in [0.5, 0.6) is 0 Å². The lowest BCUT2D eigenvalue weighted by atomic mass is 9.93. The molecule has 0 saturated carbocycles. The van der Waals surface area contributed by atoms with Gasteiger partial charge >= 0.3 is 0 Å². The first-order valence-corrected chi connectivity index (χ1v) is 8.08. The van der Waals surface area contributed by atoms with E-state index in [1.807, 2.05) is 6.92 Å². The smallest absolute Gasteiger partial charge is 0.274 e. The topological polar surface area (TPSA) is 75.4 Å². The molecule has 22 heavy (non-hydrogen) atoms. The summed E-state index contributed by atoms with van der Waals surface area (Å²) in [4.78, 5) is 26.1. The number of unbranched alkanes of at least 4 members (excludes halogenated alkanes) is 1. The third-order valence-electron chi connectivity index (χ3n) is 4.24. The van der Waals surface area contributed by atoms with Crippen molar-refractivity contribution in [3.05, 3.63) is 28.2 Å². The van der Waals surface area contributed by atoms with Gasteiger partial charge in [0.2, 0.25) is 0 Å². The predicted molar refractivity (Wildman–Crippen MR) is 83.7 cm³/mol. The van der Waals surface area contributed by atoms with Gasteiger partial charge in [-0.3, -0.25) is 9.59 Å². The second kappa shape index (κ2) is 7.54. The zero-order valence-corrected chi connectivity index (χ0v) is 13.4. The standard InChI is InChI=1S/C16H25N3O3/c1-3-4-10-19-15(21)8-7-14(17-19)16(22)18-9-5-6-13(11-18)12(2)20/h7-8,12-13,20H,3-6,9-11H2,1-2H3. The zero-order chi connectivity index (χ0) is 16.1. The van der Waals surface area contributed by atoms with Gasteiger partial charge in [-0.15, -0.1) is 0 Å². The van der Waals surface area contributed by atoms with Crippen molar-refractivity contribution in [3.8, 4) is 0 Å². The number of rotatable bonds is 5. The summed E-state index contributed by atoms with van der Waals surface area (Å²) in [7, 11) is 0. The first kappa shape index (κ1) is 16.7. The van der Waals surface area contributed by atoms with E-state index in [0.29, 0.717) is 25.3 Å². The minimum Gasteiger partial charge on any atom is -0.393 e. The Bertz CT molecular complexity index is 568. The normalized spacial score (nSPS) is 20.0. The van der Waals surface area contributed by atoms with Gasteiger partial charge in [-0.1, -0.05) is 13.3 Å². The van der Waals surface area contributed by atoms with Gasteiger partial charge in [0.05, 0.1) is 6.10 Å². The molecular weight excluding hydrogens is 282 g/mol. The lowest BCUT2D eigenvalue weighted by molar-refractivity contribution is 0.0459. The largest absolute Gasteiger partial charge is 0.393 e. The molecule has 0 bridgehead atoms. The van der Waals surface area contributed by atoms with E-state index in [9.17, 15) is 14.7 Å². The van der Waals surface area contributed by atoms with E-state index in [0.717, 1.165) is 25.7 Å². The van der Waals surface area contributed by atoms with Crippen LogP contribution in [0.3, 0.4) is 0 Å². The van der Waals surface area contributed by atoms with Crippen molar-refractivity contribution < 1.29 is 9.90 Å². The van der Waals surface area contributed by atoms with E-state index < -0.39 is 6.10 Å². The summed E-state index contributed by atoms with van der Waals surface area (Å²) >= 11 is 0. The zero-order valence-electron chi connectivity index (χ0n) is 13.4. The monoisotopic (exact) mass is 307 g/mol. The number of nitrogens with zero attached hydrogens (tertiary/aromatic N) is 3. The van der Waals surface area contributed by atoms with Crippen molar-refractivity contribution in [3.63, 3.8) is 0 Å². The average Bonchev–Trinajstić information content (AvgIpc) is 2.53. The van der Waals surface area contributed by atoms with Crippen LogP contribution in [-0.4, -0.2) is 44.9 Å². The van der Waals surface area contributed by atoms with Crippen molar-refractivity contribution in [1.29, 1.82) is 0 Å². The van der Waals surface area contributed by atoms with Gasteiger partial charge in [0.25, 0.3) is 11.5 Å².